The van der Waals surface area contributed by atoms with Crippen LogP contribution in [0.15, 0.2) is 42.5 Å². The van der Waals surface area contributed by atoms with Crippen LogP contribution in [-0.2, 0) is 6.54 Å². The number of hydrogen-bond acceptors (Lipinski definition) is 3. The zero-order valence-corrected chi connectivity index (χ0v) is 10.6. The summed E-state index contributed by atoms with van der Waals surface area (Å²) >= 11 is 0. The Balaban J connectivity index is 2.24. The Morgan fingerprint density at radius 1 is 1.17 bits per heavy atom. The largest absolute Gasteiger partial charge is 0.395 e. The molecule has 0 unspecified atom stereocenters. The highest BCUT2D eigenvalue weighted by atomic mass is 16.3. The molecule has 1 aromatic carbocycles. The summed E-state index contributed by atoms with van der Waals surface area (Å²) in [6.45, 7) is 1.47. The molecule has 0 amide bonds. The molecule has 96 valence electrons. The Labute approximate surface area is 107 Å². The van der Waals surface area contributed by atoms with E-state index in [1.807, 2.05) is 46.8 Å². The first-order valence-corrected chi connectivity index (χ1v) is 6.03. The van der Waals surface area contributed by atoms with Crippen LogP contribution in [0.3, 0.4) is 0 Å². The number of nitrogen functional groups attached to an aromatic ring is 1. The fourth-order valence-corrected chi connectivity index (χ4v) is 2.01. The van der Waals surface area contributed by atoms with Gasteiger partial charge < -0.3 is 20.3 Å². The molecule has 4 nitrogen and oxygen atoms in total. The molecule has 0 aliphatic carbocycles. The van der Waals surface area contributed by atoms with Gasteiger partial charge in [-0.1, -0.05) is 30.3 Å². The molecule has 0 saturated carbocycles. The van der Waals surface area contributed by atoms with Crippen molar-refractivity contribution in [2.75, 3.05) is 30.8 Å². The predicted octanol–water partition coefficient (Wildman–Crippen LogP) is 1.55. The summed E-state index contributed by atoms with van der Waals surface area (Å²) in [5.41, 5.74) is 7.20. The van der Waals surface area contributed by atoms with Crippen LogP contribution < -0.4 is 10.6 Å². The first kappa shape index (κ1) is 12.5. The number of likely N-dealkylation sites (N-methyl/N-ethyl adjacent to an activating group) is 1. The van der Waals surface area contributed by atoms with Crippen LogP contribution in [0.25, 0.3) is 0 Å². The van der Waals surface area contributed by atoms with Gasteiger partial charge in [-0.2, -0.15) is 0 Å². The van der Waals surface area contributed by atoms with Gasteiger partial charge in [-0.3, -0.25) is 0 Å². The van der Waals surface area contributed by atoms with Gasteiger partial charge in [-0.15, -0.1) is 0 Å². The average molecular weight is 245 g/mol. The number of hydrogen-bond donors (Lipinski definition) is 2. The predicted molar refractivity (Wildman–Crippen MR) is 74.7 cm³/mol. The average Bonchev–Trinajstić information content (AvgIpc) is 2.73. The van der Waals surface area contributed by atoms with Gasteiger partial charge in [-0.25, -0.2) is 0 Å². The third-order valence-electron chi connectivity index (χ3n) is 3.00. The molecule has 0 fully saturated rings. The minimum Gasteiger partial charge on any atom is -0.395 e. The summed E-state index contributed by atoms with van der Waals surface area (Å²) in [5.74, 6) is 1.75. The molecular weight excluding hydrogens is 226 g/mol. The quantitative estimate of drug-likeness (QED) is 0.840. The maximum Gasteiger partial charge on any atom is 0.110 e. The lowest BCUT2D eigenvalue weighted by Gasteiger charge is -2.21. The number of nitrogens with zero attached hydrogens (tertiary/aromatic N) is 2. The Morgan fingerprint density at radius 3 is 2.56 bits per heavy atom. The van der Waals surface area contributed by atoms with E-state index < -0.39 is 0 Å². The van der Waals surface area contributed by atoms with Crippen molar-refractivity contribution in [3.8, 4) is 0 Å². The van der Waals surface area contributed by atoms with Crippen molar-refractivity contribution in [2.45, 2.75) is 6.54 Å². The van der Waals surface area contributed by atoms with Crippen LogP contribution in [0.5, 0.6) is 0 Å². The zero-order chi connectivity index (χ0) is 13.0. The second-order valence-corrected chi connectivity index (χ2v) is 4.33. The summed E-state index contributed by atoms with van der Waals surface area (Å²) in [6.07, 6.45) is 0. The Bertz CT molecular complexity index is 493. The first-order valence-electron chi connectivity index (χ1n) is 6.03. The molecule has 2 aromatic rings. The highest BCUT2D eigenvalue weighted by Crippen LogP contribution is 2.21. The number of benzene rings is 1. The lowest BCUT2D eigenvalue weighted by Crippen LogP contribution is -2.24. The van der Waals surface area contributed by atoms with Crippen LogP contribution in [0.1, 0.15) is 5.56 Å². The molecule has 0 aliphatic heterocycles. The second kappa shape index (κ2) is 5.60. The summed E-state index contributed by atoms with van der Waals surface area (Å²) in [7, 11) is 1.95. The van der Waals surface area contributed by atoms with Gasteiger partial charge in [-0.05, 0) is 17.7 Å². The molecule has 0 radical (unpaired) electrons. The van der Waals surface area contributed by atoms with Crippen molar-refractivity contribution >= 4 is 11.6 Å². The van der Waals surface area contributed by atoms with Gasteiger partial charge in [0, 0.05) is 13.6 Å². The SMILES string of the molecule is CN(CCO)c1ccc(N)n1Cc1ccccc1. The molecule has 18 heavy (non-hydrogen) atoms. The summed E-state index contributed by atoms with van der Waals surface area (Å²) in [5, 5.41) is 9.00. The molecule has 0 spiro atoms. The topological polar surface area (TPSA) is 54.4 Å². The Kier molecular flexibility index (Phi) is 3.89. The minimum absolute atomic E-state index is 0.132. The van der Waals surface area contributed by atoms with Gasteiger partial charge in [0.1, 0.15) is 11.6 Å². The molecule has 0 saturated heterocycles. The van der Waals surface area contributed by atoms with Crippen molar-refractivity contribution in [3.05, 3.63) is 48.0 Å². The van der Waals surface area contributed by atoms with E-state index >= 15 is 0 Å². The third kappa shape index (κ3) is 2.65. The van der Waals surface area contributed by atoms with Gasteiger partial charge in [0.2, 0.25) is 0 Å². The van der Waals surface area contributed by atoms with E-state index in [1.165, 1.54) is 5.56 Å². The highest BCUT2D eigenvalue weighted by Gasteiger charge is 2.09. The van der Waals surface area contributed by atoms with Crippen molar-refractivity contribution in [3.63, 3.8) is 0 Å². The third-order valence-corrected chi connectivity index (χ3v) is 3.00. The van der Waals surface area contributed by atoms with Crippen molar-refractivity contribution in [1.29, 1.82) is 0 Å². The lowest BCUT2D eigenvalue weighted by atomic mass is 10.2. The maximum atomic E-state index is 9.00. The zero-order valence-electron chi connectivity index (χ0n) is 10.6. The Morgan fingerprint density at radius 2 is 1.89 bits per heavy atom. The summed E-state index contributed by atoms with van der Waals surface area (Å²) in [6, 6.07) is 14.1. The summed E-state index contributed by atoms with van der Waals surface area (Å²) in [4.78, 5) is 2.00. The van der Waals surface area contributed by atoms with E-state index in [2.05, 4.69) is 12.1 Å². The minimum atomic E-state index is 0.132. The molecule has 1 heterocycles. The van der Waals surface area contributed by atoms with E-state index in [0.717, 1.165) is 18.2 Å². The normalized spacial score (nSPS) is 10.6. The molecule has 0 aliphatic rings. The van der Waals surface area contributed by atoms with E-state index in [1.54, 1.807) is 0 Å². The molecule has 0 atom stereocenters. The number of aliphatic hydroxyl groups excluding tert-OH is 1. The highest BCUT2D eigenvalue weighted by molar-refractivity contribution is 5.50. The number of anilines is 2. The van der Waals surface area contributed by atoms with Crippen LogP contribution in [-0.4, -0.2) is 29.9 Å². The van der Waals surface area contributed by atoms with E-state index in [9.17, 15) is 0 Å². The van der Waals surface area contributed by atoms with Gasteiger partial charge >= 0.3 is 0 Å². The standard InChI is InChI=1S/C14H19N3O/c1-16(9-10-18)14-8-7-13(15)17(14)11-12-5-3-2-4-6-12/h2-8,18H,9-11,15H2,1H3. The van der Waals surface area contributed by atoms with Crippen LogP contribution in [0, 0.1) is 0 Å². The Hall–Kier alpha value is -1.94. The molecule has 2 rings (SSSR count). The number of rotatable bonds is 5. The van der Waals surface area contributed by atoms with Gasteiger partial charge in [0.05, 0.1) is 13.2 Å². The molecule has 1 aromatic heterocycles. The van der Waals surface area contributed by atoms with Crippen molar-refractivity contribution in [2.24, 2.45) is 0 Å². The van der Waals surface area contributed by atoms with Gasteiger partial charge in [0.15, 0.2) is 0 Å². The smallest absolute Gasteiger partial charge is 0.110 e. The van der Waals surface area contributed by atoms with Crippen LogP contribution in [0.2, 0.25) is 0 Å². The van der Waals surface area contributed by atoms with E-state index in [0.29, 0.717) is 6.54 Å². The number of aliphatic hydroxyl groups is 1. The van der Waals surface area contributed by atoms with E-state index in [4.69, 9.17) is 10.8 Å². The molecular formula is C14H19N3O. The second-order valence-electron chi connectivity index (χ2n) is 4.33. The maximum absolute atomic E-state index is 9.00. The molecule has 3 N–H and O–H groups in total. The lowest BCUT2D eigenvalue weighted by molar-refractivity contribution is 0.303. The molecule has 4 heteroatoms. The van der Waals surface area contributed by atoms with Crippen LogP contribution >= 0.6 is 0 Å². The summed E-state index contributed by atoms with van der Waals surface area (Å²) < 4.78 is 2.05. The van der Waals surface area contributed by atoms with Crippen LogP contribution in [0.4, 0.5) is 11.6 Å². The van der Waals surface area contributed by atoms with E-state index in [-0.39, 0.29) is 6.61 Å². The fraction of sp³-hybridized carbons (Fsp3) is 0.286. The van der Waals surface area contributed by atoms with Gasteiger partial charge in [0.25, 0.3) is 0 Å². The molecule has 0 bridgehead atoms. The fourth-order valence-electron chi connectivity index (χ4n) is 2.01. The van der Waals surface area contributed by atoms with Crippen molar-refractivity contribution in [1.82, 2.24) is 4.57 Å². The number of nitrogens with two attached hydrogens (primary N) is 1. The first-order chi connectivity index (χ1) is 8.72. The monoisotopic (exact) mass is 245 g/mol. The van der Waals surface area contributed by atoms with Crippen molar-refractivity contribution < 1.29 is 5.11 Å². The number of aromatic nitrogens is 1.